The molecule has 0 amide bonds. The molecule has 1 N–H and O–H groups in total. The molecule has 1 rings (SSSR count). The summed E-state index contributed by atoms with van der Waals surface area (Å²) in [6.45, 7) is 11.7. The van der Waals surface area contributed by atoms with Gasteiger partial charge in [-0.25, -0.2) is 0 Å². The monoisotopic (exact) mass is 235 g/mol. The van der Waals surface area contributed by atoms with Crippen LogP contribution in [-0.2, 0) is 0 Å². The number of rotatable bonds is 6. The number of ether oxygens (including phenoxy) is 1. The van der Waals surface area contributed by atoms with Crippen molar-refractivity contribution in [3.05, 3.63) is 29.3 Å². The first kappa shape index (κ1) is 14.0. The molecule has 0 aliphatic heterocycles. The zero-order valence-electron chi connectivity index (χ0n) is 11.7. The summed E-state index contributed by atoms with van der Waals surface area (Å²) in [6.07, 6.45) is 1.28. The van der Waals surface area contributed by atoms with Crippen LogP contribution in [0.3, 0.4) is 0 Å². The van der Waals surface area contributed by atoms with Crippen LogP contribution in [0.4, 0.5) is 0 Å². The van der Waals surface area contributed by atoms with Crippen LogP contribution in [0.25, 0.3) is 0 Å². The van der Waals surface area contributed by atoms with Gasteiger partial charge in [0, 0.05) is 6.04 Å². The Kier molecular flexibility index (Phi) is 5.49. The molecule has 0 fully saturated rings. The first-order valence-corrected chi connectivity index (χ1v) is 6.47. The Morgan fingerprint density at radius 2 is 1.88 bits per heavy atom. The minimum Gasteiger partial charge on any atom is -0.490 e. The Bertz CT molecular complexity index is 347. The average molecular weight is 235 g/mol. The van der Waals surface area contributed by atoms with Crippen molar-refractivity contribution in [3.8, 4) is 5.75 Å². The third-order valence-corrected chi connectivity index (χ3v) is 2.99. The fraction of sp³-hybridized carbons (Fsp3) is 0.600. The molecule has 0 saturated carbocycles. The quantitative estimate of drug-likeness (QED) is 0.815. The molecular weight excluding hydrogens is 210 g/mol. The molecule has 1 atom stereocenters. The van der Waals surface area contributed by atoms with Gasteiger partial charge >= 0.3 is 0 Å². The maximum Gasteiger partial charge on any atom is 0.122 e. The van der Waals surface area contributed by atoms with Gasteiger partial charge in [-0.2, -0.15) is 0 Å². The molecule has 0 radical (unpaired) electrons. The average Bonchev–Trinajstić information content (AvgIpc) is 2.24. The third kappa shape index (κ3) is 4.78. The largest absolute Gasteiger partial charge is 0.490 e. The molecule has 2 heteroatoms. The first-order chi connectivity index (χ1) is 8.00. The van der Waals surface area contributed by atoms with Crippen LogP contribution in [0.2, 0.25) is 0 Å². The predicted octanol–water partition coefficient (Wildman–Crippen LogP) is 3.46. The van der Waals surface area contributed by atoms with Crippen molar-refractivity contribution >= 4 is 0 Å². The van der Waals surface area contributed by atoms with Crippen molar-refractivity contribution in [1.29, 1.82) is 0 Å². The van der Waals surface area contributed by atoms with Crippen LogP contribution >= 0.6 is 0 Å². The van der Waals surface area contributed by atoms with Crippen molar-refractivity contribution < 1.29 is 4.74 Å². The molecule has 2 nitrogen and oxygen atoms in total. The van der Waals surface area contributed by atoms with E-state index in [1.165, 1.54) is 11.1 Å². The fourth-order valence-corrected chi connectivity index (χ4v) is 1.70. The van der Waals surface area contributed by atoms with Crippen molar-refractivity contribution in [1.82, 2.24) is 5.32 Å². The number of nitrogens with one attached hydrogen (secondary N) is 1. The van der Waals surface area contributed by atoms with Gasteiger partial charge in [-0.05, 0) is 50.9 Å². The van der Waals surface area contributed by atoms with Gasteiger partial charge < -0.3 is 10.1 Å². The Morgan fingerprint density at radius 1 is 1.18 bits per heavy atom. The summed E-state index contributed by atoms with van der Waals surface area (Å²) in [5.74, 6) is 1.02. The number of aryl methyl sites for hydroxylation is 1. The molecule has 96 valence electrons. The van der Waals surface area contributed by atoms with Gasteiger partial charge in [-0.15, -0.1) is 0 Å². The van der Waals surface area contributed by atoms with E-state index in [1.807, 2.05) is 0 Å². The van der Waals surface area contributed by atoms with Crippen molar-refractivity contribution in [2.75, 3.05) is 6.54 Å². The predicted molar refractivity (Wildman–Crippen MR) is 73.8 cm³/mol. The van der Waals surface area contributed by atoms with Crippen molar-refractivity contribution in [3.63, 3.8) is 0 Å². The Balaban J connectivity index is 2.45. The molecule has 0 aromatic heterocycles. The topological polar surface area (TPSA) is 21.3 Å². The Hall–Kier alpha value is -1.02. The SMILES string of the molecule is Cc1cccc(OC(C)CCNC(C)C)c1C. The van der Waals surface area contributed by atoms with E-state index in [-0.39, 0.29) is 6.10 Å². The van der Waals surface area contributed by atoms with E-state index in [0.29, 0.717) is 6.04 Å². The Morgan fingerprint density at radius 3 is 2.53 bits per heavy atom. The zero-order chi connectivity index (χ0) is 12.8. The van der Waals surface area contributed by atoms with E-state index in [1.54, 1.807) is 0 Å². The highest BCUT2D eigenvalue weighted by atomic mass is 16.5. The summed E-state index contributed by atoms with van der Waals surface area (Å²) in [5, 5.41) is 3.41. The normalized spacial score (nSPS) is 12.8. The molecule has 0 aliphatic carbocycles. The highest BCUT2D eigenvalue weighted by Gasteiger charge is 2.07. The molecule has 17 heavy (non-hydrogen) atoms. The van der Waals surface area contributed by atoms with Gasteiger partial charge in [0.05, 0.1) is 6.10 Å². The number of hydrogen-bond acceptors (Lipinski definition) is 2. The summed E-state index contributed by atoms with van der Waals surface area (Å²) >= 11 is 0. The molecule has 0 spiro atoms. The lowest BCUT2D eigenvalue weighted by atomic mass is 10.1. The molecule has 0 bridgehead atoms. The van der Waals surface area contributed by atoms with Crippen LogP contribution in [0.1, 0.15) is 38.3 Å². The van der Waals surface area contributed by atoms with Crippen LogP contribution in [0.5, 0.6) is 5.75 Å². The van der Waals surface area contributed by atoms with Crippen LogP contribution in [0, 0.1) is 13.8 Å². The molecule has 0 heterocycles. The molecule has 0 aliphatic rings. The minimum absolute atomic E-state index is 0.252. The van der Waals surface area contributed by atoms with E-state index in [9.17, 15) is 0 Å². The summed E-state index contributed by atoms with van der Waals surface area (Å²) in [4.78, 5) is 0. The van der Waals surface area contributed by atoms with Crippen molar-refractivity contribution in [2.24, 2.45) is 0 Å². The van der Waals surface area contributed by atoms with Gasteiger partial charge in [0.15, 0.2) is 0 Å². The number of hydrogen-bond donors (Lipinski definition) is 1. The lowest BCUT2D eigenvalue weighted by molar-refractivity contribution is 0.207. The fourth-order valence-electron chi connectivity index (χ4n) is 1.70. The molecular formula is C15H25NO. The van der Waals surface area contributed by atoms with E-state index >= 15 is 0 Å². The summed E-state index contributed by atoms with van der Waals surface area (Å²) in [7, 11) is 0. The first-order valence-electron chi connectivity index (χ1n) is 6.47. The van der Waals surface area contributed by atoms with Crippen LogP contribution < -0.4 is 10.1 Å². The number of benzene rings is 1. The molecule has 1 unspecified atom stereocenters. The van der Waals surface area contributed by atoms with Gasteiger partial charge in [-0.1, -0.05) is 26.0 Å². The standard InChI is InChI=1S/C15H25NO/c1-11(2)16-10-9-13(4)17-15-8-6-7-12(3)14(15)5/h6-8,11,13,16H,9-10H2,1-5H3. The van der Waals surface area contributed by atoms with Crippen molar-refractivity contribution in [2.45, 2.75) is 53.2 Å². The summed E-state index contributed by atoms with van der Waals surface area (Å²) in [5.41, 5.74) is 2.53. The maximum atomic E-state index is 5.97. The van der Waals surface area contributed by atoms with E-state index in [0.717, 1.165) is 18.7 Å². The van der Waals surface area contributed by atoms with E-state index in [2.05, 4.69) is 58.1 Å². The molecule has 0 saturated heterocycles. The lowest BCUT2D eigenvalue weighted by Crippen LogP contribution is -2.27. The van der Waals surface area contributed by atoms with Gasteiger partial charge in [0.2, 0.25) is 0 Å². The van der Waals surface area contributed by atoms with E-state index < -0.39 is 0 Å². The van der Waals surface area contributed by atoms with Gasteiger partial charge in [-0.3, -0.25) is 0 Å². The van der Waals surface area contributed by atoms with Crippen LogP contribution in [0.15, 0.2) is 18.2 Å². The van der Waals surface area contributed by atoms with Gasteiger partial charge in [0.25, 0.3) is 0 Å². The second kappa shape index (κ2) is 6.65. The van der Waals surface area contributed by atoms with E-state index in [4.69, 9.17) is 4.74 Å². The zero-order valence-corrected chi connectivity index (χ0v) is 11.7. The smallest absolute Gasteiger partial charge is 0.122 e. The summed E-state index contributed by atoms with van der Waals surface area (Å²) in [6, 6.07) is 6.77. The second-order valence-electron chi connectivity index (χ2n) is 5.02. The lowest BCUT2D eigenvalue weighted by Gasteiger charge is -2.18. The minimum atomic E-state index is 0.252. The third-order valence-electron chi connectivity index (χ3n) is 2.99. The highest BCUT2D eigenvalue weighted by Crippen LogP contribution is 2.22. The second-order valence-corrected chi connectivity index (χ2v) is 5.02. The van der Waals surface area contributed by atoms with Crippen LogP contribution in [-0.4, -0.2) is 18.7 Å². The van der Waals surface area contributed by atoms with Gasteiger partial charge in [0.1, 0.15) is 5.75 Å². The maximum absolute atomic E-state index is 5.97. The molecule has 1 aromatic carbocycles. The summed E-state index contributed by atoms with van der Waals surface area (Å²) < 4.78 is 5.97. The Labute approximate surface area is 105 Å². The molecule has 1 aromatic rings. The highest BCUT2D eigenvalue weighted by molar-refractivity contribution is 5.38.